The van der Waals surface area contributed by atoms with Crippen LogP contribution in [0.15, 0.2) is 41.3 Å². The van der Waals surface area contributed by atoms with Gasteiger partial charge in [-0.3, -0.25) is 0 Å². The first-order valence-electron chi connectivity index (χ1n) is 9.58. The number of carbonyl (C=O) groups excluding carboxylic acids is 1. The number of hydrogen-bond donors (Lipinski definition) is 0. The first-order chi connectivity index (χ1) is 14.0. The number of ether oxygens (including phenoxy) is 2. The molecule has 1 aromatic carbocycles. The standard InChI is InChI=1S/C20H22BrN5O3/c1-13(2)28-20(27)25-9-7-16(8-10-25)29-19-17-11-24-26(18(17)22-12-23-19)15-5-3-14(21)4-6-15/h3-6,11-13,16H,7-10H2,1-2H3. The van der Waals surface area contributed by atoms with Gasteiger partial charge in [-0.1, -0.05) is 15.9 Å². The molecule has 4 rings (SSSR count). The van der Waals surface area contributed by atoms with Gasteiger partial charge in [0.1, 0.15) is 17.8 Å². The smallest absolute Gasteiger partial charge is 0.410 e. The highest BCUT2D eigenvalue weighted by atomic mass is 79.9. The molecule has 0 unspecified atom stereocenters. The highest BCUT2D eigenvalue weighted by Gasteiger charge is 2.26. The Hall–Kier alpha value is -2.68. The molecule has 0 N–H and O–H groups in total. The molecule has 1 fully saturated rings. The highest BCUT2D eigenvalue weighted by molar-refractivity contribution is 9.10. The lowest BCUT2D eigenvalue weighted by molar-refractivity contribution is 0.0511. The molecule has 0 radical (unpaired) electrons. The molecule has 29 heavy (non-hydrogen) atoms. The molecule has 9 heteroatoms. The van der Waals surface area contributed by atoms with Gasteiger partial charge in [0.05, 0.1) is 18.0 Å². The number of fused-ring (bicyclic) bond motifs is 1. The lowest BCUT2D eigenvalue weighted by Gasteiger charge is -2.31. The number of hydrogen-bond acceptors (Lipinski definition) is 6. The summed E-state index contributed by atoms with van der Waals surface area (Å²) in [5.41, 5.74) is 1.60. The minimum absolute atomic E-state index is 0.0211. The van der Waals surface area contributed by atoms with Crippen LogP contribution in [0.3, 0.4) is 0 Å². The van der Waals surface area contributed by atoms with E-state index in [-0.39, 0.29) is 18.3 Å². The zero-order valence-electron chi connectivity index (χ0n) is 16.3. The van der Waals surface area contributed by atoms with Crippen LogP contribution in [-0.4, -0.2) is 56.0 Å². The van der Waals surface area contributed by atoms with E-state index in [1.807, 2.05) is 38.1 Å². The van der Waals surface area contributed by atoms with Gasteiger partial charge < -0.3 is 14.4 Å². The van der Waals surface area contributed by atoms with Crippen molar-refractivity contribution >= 4 is 33.1 Å². The third-order valence-corrected chi connectivity index (χ3v) is 5.24. The van der Waals surface area contributed by atoms with Crippen molar-refractivity contribution in [1.82, 2.24) is 24.6 Å². The van der Waals surface area contributed by atoms with E-state index >= 15 is 0 Å². The van der Waals surface area contributed by atoms with E-state index in [9.17, 15) is 4.79 Å². The molecular weight excluding hydrogens is 438 g/mol. The zero-order chi connectivity index (χ0) is 20.4. The monoisotopic (exact) mass is 459 g/mol. The summed E-state index contributed by atoms with van der Waals surface area (Å²) in [5.74, 6) is 0.515. The Bertz CT molecular complexity index is 997. The topological polar surface area (TPSA) is 82.4 Å². The SMILES string of the molecule is CC(C)OC(=O)N1CCC(Oc2ncnc3c2cnn3-c2ccc(Br)cc2)CC1. The molecule has 1 saturated heterocycles. The number of halogens is 1. The molecule has 1 aliphatic rings. The quantitative estimate of drug-likeness (QED) is 0.586. The molecule has 3 aromatic rings. The molecule has 1 amide bonds. The van der Waals surface area contributed by atoms with Gasteiger partial charge >= 0.3 is 6.09 Å². The lowest BCUT2D eigenvalue weighted by Crippen LogP contribution is -2.42. The van der Waals surface area contributed by atoms with Crippen molar-refractivity contribution in [2.45, 2.75) is 38.9 Å². The molecule has 152 valence electrons. The summed E-state index contributed by atoms with van der Waals surface area (Å²) in [6.07, 6.45) is 4.25. The first kappa shape index (κ1) is 19.6. The van der Waals surface area contributed by atoms with Crippen LogP contribution in [0.2, 0.25) is 0 Å². The Morgan fingerprint density at radius 1 is 1.17 bits per heavy atom. The fourth-order valence-electron chi connectivity index (χ4n) is 3.28. The maximum atomic E-state index is 12.0. The summed E-state index contributed by atoms with van der Waals surface area (Å²) >= 11 is 3.44. The van der Waals surface area contributed by atoms with E-state index in [1.54, 1.807) is 15.8 Å². The number of benzene rings is 1. The Morgan fingerprint density at radius 2 is 1.90 bits per heavy atom. The van der Waals surface area contributed by atoms with Crippen LogP contribution in [0.4, 0.5) is 4.79 Å². The van der Waals surface area contributed by atoms with Crippen LogP contribution in [-0.2, 0) is 4.74 Å². The third kappa shape index (κ3) is 4.34. The van der Waals surface area contributed by atoms with Gasteiger partial charge in [-0.05, 0) is 38.1 Å². The van der Waals surface area contributed by atoms with Crippen molar-refractivity contribution in [2.75, 3.05) is 13.1 Å². The van der Waals surface area contributed by atoms with Crippen LogP contribution in [0.5, 0.6) is 5.88 Å². The fraction of sp³-hybridized carbons (Fsp3) is 0.400. The average Bonchev–Trinajstić information content (AvgIpc) is 3.14. The second-order valence-corrected chi connectivity index (χ2v) is 8.10. The number of carbonyl (C=O) groups is 1. The van der Waals surface area contributed by atoms with Gasteiger partial charge in [-0.25, -0.2) is 19.4 Å². The Morgan fingerprint density at radius 3 is 2.59 bits per heavy atom. The highest BCUT2D eigenvalue weighted by Crippen LogP contribution is 2.26. The van der Waals surface area contributed by atoms with Gasteiger partial charge in [-0.2, -0.15) is 5.10 Å². The van der Waals surface area contributed by atoms with Crippen LogP contribution in [0.1, 0.15) is 26.7 Å². The molecule has 0 saturated carbocycles. The van der Waals surface area contributed by atoms with E-state index in [4.69, 9.17) is 9.47 Å². The second-order valence-electron chi connectivity index (χ2n) is 7.19. The molecule has 0 bridgehead atoms. The van der Waals surface area contributed by atoms with Crippen LogP contribution in [0.25, 0.3) is 16.7 Å². The van der Waals surface area contributed by atoms with Crippen LogP contribution < -0.4 is 4.74 Å². The number of rotatable bonds is 4. The molecule has 0 atom stereocenters. The van der Waals surface area contributed by atoms with Gasteiger partial charge in [-0.15, -0.1) is 0 Å². The van der Waals surface area contributed by atoms with Crippen molar-refractivity contribution in [3.8, 4) is 11.6 Å². The summed E-state index contributed by atoms with van der Waals surface area (Å²) in [6.45, 7) is 4.90. The van der Waals surface area contributed by atoms with E-state index in [0.717, 1.165) is 28.4 Å². The number of likely N-dealkylation sites (tertiary alicyclic amines) is 1. The predicted octanol–water partition coefficient (Wildman–Crippen LogP) is 3.97. The predicted molar refractivity (Wildman–Crippen MR) is 111 cm³/mol. The van der Waals surface area contributed by atoms with Crippen molar-refractivity contribution < 1.29 is 14.3 Å². The van der Waals surface area contributed by atoms with E-state index in [2.05, 4.69) is 31.0 Å². The summed E-state index contributed by atoms with van der Waals surface area (Å²) in [6, 6.07) is 7.84. The zero-order valence-corrected chi connectivity index (χ0v) is 17.9. The van der Waals surface area contributed by atoms with E-state index < -0.39 is 0 Å². The number of amides is 1. The molecule has 0 aliphatic carbocycles. The number of nitrogens with zero attached hydrogens (tertiary/aromatic N) is 5. The van der Waals surface area contributed by atoms with Crippen molar-refractivity contribution in [2.24, 2.45) is 0 Å². The Balaban J connectivity index is 1.47. The molecule has 0 spiro atoms. The molecule has 1 aliphatic heterocycles. The minimum atomic E-state index is -0.265. The maximum Gasteiger partial charge on any atom is 0.410 e. The summed E-state index contributed by atoms with van der Waals surface area (Å²) in [4.78, 5) is 22.5. The lowest BCUT2D eigenvalue weighted by atomic mass is 10.1. The molecule has 8 nitrogen and oxygen atoms in total. The van der Waals surface area contributed by atoms with Crippen LogP contribution in [0, 0.1) is 0 Å². The van der Waals surface area contributed by atoms with E-state index in [1.165, 1.54) is 6.33 Å². The fourth-order valence-corrected chi connectivity index (χ4v) is 3.54. The summed E-state index contributed by atoms with van der Waals surface area (Å²) < 4.78 is 14.2. The second kappa shape index (κ2) is 8.36. The Kier molecular flexibility index (Phi) is 5.66. The minimum Gasteiger partial charge on any atom is -0.474 e. The van der Waals surface area contributed by atoms with E-state index in [0.29, 0.717) is 24.6 Å². The largest absolute Gasteiger partial charge is 0.474 e. The molecular formula is C20H22BrN5O3. The van der Waals surface area contributed by atoms with Crippen molar-refractivity contribution in [3.05, 3.63) is 41.3 Å². The summed E-state index contributed by atoms with van der Waals surface area (Å²) in [5, 5.41) is 5.22. The summed E-state index contributed by atoms with van der Waals surface area (Å²) in [7, 11) is 0. The third-order valence-electron chi connectivity index (χ3n) is 4.72. The molecule has 3 heterocycles. The maximum absolute atomic E-state index is 12.0. The Labute approximate surface area is 177 Å². The normalized spacial score (nSPS) is 15.1. The van der Waals surface area contributed by atoms with Crippen molar-refractivity contribution in [3.63, 3.8) is 0 Å². The van der Waals surface area contributed by atoms with Crippen LogP contribution >= 0.6 is 15.9 Å². The number of aromatic nitrogens is 4. The molecule has 2 aromatic heterocycles. The first-order valence-corrected chi connectivity index (χ1v) is 10.4. The van der Waals surface area contributed by atoms with Gasteiger partial charge in [0.25, 0.3) is 0 Å². The van der Waals surface area contributed by atoms with Crippen molar-refractivity contribution in [1.29, 1.82) is 0 Å². The average molecular weight is 460 g/mol. The van der Waals surface area contributed by atoms with Gasteiger partial charge in [0.15, 0.2) is 5.65 Å². The number of piperidine rings is 1. The van der Waals surface area contributed by atoms with Gasteiger partial charge in [0, 0.05) is 30.4 Å². The van der Waals surface area contributed by atoms with Gasteiger partial charge in [0.2, 0.25) is 5.88 Å².